The van der Waals surface area contributed by atoms with Crippen molar-refractivity contribution in [3.63, 3.8) is 0 Å². The minimum Gasteiger partial charge on any atom is -0.468 e. The largest absolute Gasteiger partial charge is 0.468 e. The van der Waals surface area contributed by atoms with Crippen LogP contribution in [0.15, 0.2) is 41.7 Å². The minimum absolute atomic E-state index is 0.279. The summed E-state index contributed by atoms with van der Waals surface area (Å²) in [6, 6.07) is 9.44. The van der Waals surface area contributed by atoms with E-state index in [1.54, 1.807) is 4.68 Å². The van der Waals surface area contributed by atoms with Crippen molar-refractivity contribution in [2.45, 2.75) is 13.0 Å². The van der Waals surface area contributed by atoms with E-state index in [0.717, 1.165) is 5.56 Å². The predicted octanol–water partition coefficient (Wildman–Crippen LogP) is 1.76. The van der Waals surface area contributed by atoms with Gasteiger partial charge in [0.05, 0.1) is 13.2 Å². The first-order valence-electron chi connectivity index (χ1n) is 6.30. The van der Waals surface area contributed by atoms with E-state index >= 15 is 0 Å². The molecule has 102 valence electrons. The Labute approximate surface area is 116 Å². The Bertz CT molecular complexity index is 663. The van der Waals surface area contributed by atoms with Gasteiger partial charge in [0.1, 0.15) is 12.2 Å². The number of hydrogen-bond acceptors (Lipinski definition) is 5. The number of aromatic nitrogens is 3. The molecule has 0 saturated heterocycles. The minimum atomic E-state index is -0.489. The average molecular weight is 270 g/mol. The fraction of sp³-hybridized carbons (Fsp3) is 0.286. The summed E-state index contributed by atoms with van der Waals surface area (Å²) in [5.74, 6) is -0.297. The topological polar surface area (TPSA) is 69.4 Å². The zero-order chi connectivity index (χ0) is 14.1. The van der Waals surface area contributed by atoms with Crippen molar-refractivity contribution in [2.24, 2.45) is 10.9 Å². The van der Waals surface area contributed by atoms with Gasteiger partial charge in [-0.1, -0.05) is 30.3 Å². The van der Waals surface area contributed by atoms with Crippen LogP contribution in [0.4, 0.5) is 5.95 Å². The lowest BCUT2D eigenvalue weighted by Gasteiger charge is -2.29. The smallest absolute Gasteiger partial charge is 0.316 e. The summed E-state index contributed by atoms with van der Waals surface area (Å²) in [6.07, 6.45) is 1.45. The van der Waals surface area contributed by atoms with Gasteiger partial charge in [-0.25, -0.2) is 9.67 Å². The van der Waals surface area contributed by atoms with Crippen molar-refractivity contribution in [1.29, 1.82) is 0 Å². The van der Waals surface area contributed by atoms with Gasteiger partial charge < -0.3 is 4.74 Å². The van der Waals surface area contributed by atoms with Crippen LogP contribution in [0, 0.1) is 5.92 Å². The van der Waals surface area contributed by atoms with Gasteiger partial charge in [-0.15, -0.1) is 0 Å². The number of aliphatic imine (C=N–C) groups is 1. The van der Waals surface area contributed by atoms with Gasteiger partial charge in [0, 0.05) is 5.71 Å². The Morgan fingerprint density at radius 1 is 1.30 bits per heavy atom. The number of nitrogens with zero attached hydrogens (tertiary/aromatic N) is 4. The quantitative estimate of drug-likeness (QED) is 0.780. The number of esters is 1. The SMILES string of the molecule is COC(=O)C1C(C)=Nc2ncnn2C1c1ccccc1. The fourth-order valence-corrected chi connectivity index (χ4v) is 2.53. The first-order chi connectivity index (χ1) is 9.72. The van der Waals surface area contributed by atoms with Crippen molar-refractivity contribution in [3.05, 3.63) is 42.2 Å². The molecule has 2 heterocycles. The molecule has 0 amide bonds. The zero-order valence-corrected chi connectivity index (χ0v) is 11.2. The van der Waals surface area contributed by atoms with Crippen LogP contribution >= 0.6 is 0 Å². The number of fused-ring (bicyclic) bond motifs is 1. The van der Waals surface area contributed by atoms with E-state index in [2.05, 4.69) is 15.1 Å². The first-order valence-corrected chi connectivity index (χ1v) is 6.30. The molecule has 0 N–H and O–H groups in total. The normalized spacial score (nSPS) is 21.0. The summed E-state index contributed by atoms with van der Waals surface area (Å²) in [5.41, 5.74) is 1.66. The number of methoxy groups -OCH3 is 1. The van der Waals surface area contributed by atoms with Crippen LogP contribution in [0.3, 0.4) is 0 Å². The molecule has 1 aliphatic rings. The standard InChI is InChI=1S/C14H14N4O2/c1-9-11(13(19)20-2)12(10-6-4-3-5-7-10)18-14(17-9)15-8-16-18/h3-8,11-12H,1-2H3. The van der Waals surface area contributed by atoms with E-state index in [1.165, 1.54) is 13.4 Å². The lowest BCUT2D eigenvalue weighted by atomic mass is 9.88. The highest BCUT2D eigenvalue weighted by molar-refractivity contribution is 6.03. The third-order valence-electron chi connectivity index (χ3n) is 3.46. The molecule has 3 rings (SSSR count). The Hall–Kier alpha value is -2.50. The number of benzene rings is 1. The molecule has 0 fully saturated rings. The summed E-state index contributed by atoms with van der Waals surface area (Å²) in [7, 11) is 1.38. The van der Waals surface area contributed by atoms with Gasteiger partial charge in [0.2, 0.25) is 5.95 Å². The van der Waals surface area contributed by atoms with Crippen LogP contribution < -0.4 is 0 Å². The van der Waals surface area contributed by atoms with Crippen LogP contribution in [0.25, 0.3) is 0 Å². The number of hydrogen-bond donors (Lipinski definition) is 0. The second-order valence-corrected chi connectivity index (χ2v) is 4.61. The van der Waals surface area contributed by atoms with Gasteiger partial charge in [0.25, 0.3) is 0 Å². The van der Waals surface area contributed by atoms with Gasteiger partial charge in [-0.05, 0) is 12.5 Å². The van der Waals surface area contributed by atoms with E-state index in [1.807, 2.05) is 37.3 Å². The third kappa shape index (κ3) is 1.89. The number of rotatable bonds is 2. The van der Waals surface area contributed by atoms with Crippen LogP contribution in [0.5, 0.6) is 0 Å². The monoisotopic (exact) mass is 270 g/mol. The molecule has 0 aliphatic carbocycles. The zero-order valence-electron chi connectivity index (χ0n) is 11.2. The van der Waals surface area contributed by atoms with Crippen LogP contribution in [-0.2, 0) is 9.53 Å². The van der Waals surface area contributed by atoms with Gasteiger partial charge in [-0.3, -0.25) is 4.79 Å². The van der Waals surface area contributed by atoms with Gasteiger partial charge in [0.15, 0.2) is 0 Å². The van der Waals surface area contributed by atoms with Crippen LogP contribution in [0.1, 0.15) is 18.5 Å². The second-order valence-electron chi connectivity index (χ2n) is 4.61. The molecule has 1 aromatic heterocycles. The predicted molar refractivity (Wildman–Crippen MR) is 72.9 cm³/mol. The molecule has 0 radical (unpaired) electrons. The maximum Gasteiger partial charge on any atom is 0.316 e. The van der Waals surface area contributed by atoms with Crippen molar-refractivity contribution < 1.29 is 9.53 Å². The van der Waals surface area contributed by atoms with Crippen molar-refractivity contribution in [3.8, 4) is 0 Å². The van der Waals surface area contributed by atoms with Crippen molar-refractivity contribution >= 4 is 17.6 Å². The molecule has 6 nitrogen and oxygen atoms in total. The Kier molecular flexibility index (Phi) is 3.06. The molecule has 0 spiro atoms. The molecule has 1 aliphatic heterocycles. The molecular weight excluding hydrogens is 256 g/mol. The van der Waals surface area contributed by atoms with Gasteiger partial charge in [-0.2, -0.15) is 10.1 Å². The number of ether oxygens (including phenoxy) is 1. The summed E-state index contributed by atoms with van der Waals surface area (Å²) < 4.78 is 6.59. The van der Waals surface area contributed by atoms with Crippen LogP contribution in [-0.4, -0.2) is 33.6 Å². The van der Waals surface area contributed by atoms with E-state index in [-0.39, 0.29) is 12.0 Å². The first kappa shape index (κ1) is 12.5. The maximum absolute atomic E-state index is 12.1. The highest BCUT2D eigenvalue weighted by Crippen LogP contribution is 2.35. The molecule has 2 aromatic rings. The average Bonchev–Trinajstić information content (AvgIpc) is 2.93. The number of carbonyl (C=O) groups excluding carboxylic acids is 1. The fourth-order valence-electron chi connectivity index (χ4n) is 2.53. The second kappa shape index (κ2) is 4.88. The highest BCUT2D eigenvalue weighted by Gasteiger charge is 2.39. The molecule has 2 unspecified atom stereocenters. The summed E-state index contributed by atoms with van der Waals surface area (Å²) >= 11 is 0. The molecule has 2 atom stereocenters. The molecule has 20 heavy (non-hydrogen) atoms. The lowest BCUT2D eigenvalue weighted by molar-refractivity contribution is -0.144. The maximum atomic E-state index is 12.1. The lowest BCUT2D eigenvalue weighted by Crippen LogP contribution is -2.36. The molecular formula is C14H14N4O2. The van der Waals surface area contributed by atoms with Crippen molar-refractivity contribution in [2.75, 3.05) is 7.11 Å². The summed E-state index contributed by atoms with van der Waals surface area (Å²) in [6.45, 7) is 1.82. The van der Waals surface area contributed by atoms with E-state index in [0.29, 0.717) is 11.7 Å². The van der Waals surface area contributed by atoms with Crippen molar-refractivity contribution in [1.82, 2.24) is 14.8 Å². The van der Waals surface area contributed by atoms with E-state index in [9.17, 15) is 4.79 Å². The van der Waals surface area contributed by atoms with Crippen LogP contribution in [0.2, 0.25) is 0 Å². The summed E-state index contributed by atoms with van der Waals surface area (Å²) in [5, 5.41) is 4.21. The highest BCUT2D eigenvalue weighted by atomic mass is 16.5. The molecule has 0 bridgehead atoms. The third-order valence-corrected chi connectivity index (χ3v) is 3.46. The molecule has 6 heteroatoms. The number of carbonyl (C=O) groups is 1. The Morgan fingerprint density at radius 2 is 2.05 bits per heavy atom. The van der Waals surface area contributed by atoms with E-state index in [4.69, 9.17) is 4.74 Å². The summed E-state index contributed by atoms with van der Waals surface area (Å²) in [4.78, 5) is 20.6. The Balaban J connectivity index is 2.16. The molecule has 0 saturated carbocycles. The Morgan fingerprint density at radius 3 is 2.75 bits per heavy atom. The molecule has 1 aromatic carbocycles. The van der Waals surface area contributed by atoms with Gasteiger partial charge >= 0.3 is 5.97 Å². The van der Waals surface area contributed by atoms with E-state index < -0.39 is 5.92 Å².